The molecular weight excluding hydrogens is 196 g/mol. The lowest BCUT2D eigenvalue weighted by Crippen LogP contribution is -2.20. The molecule has 1 nitrogen and oxygen atoms in total. The van der Waals surface area contributed by atoms with E-state index in [0.717, 1.165) is 18.8 Å². The topological polar surface area (TPSA) is 9.23 Å². The predicted molar refractivity (Wildman–Crippen MR) is 68.2 cm³/mol. The largest absolute Gasteiger partial charge is 0.493 e. The Balaban J connectivity index is 2.51. The Morgan fingerprint density at radius 1 is 1.19 bits per heavy atom. The molecule has 1 aromatic rings. The van der Waals surface area contributed by atoms with Crippen LogP contribution in [0.4, 0.5) is 0 Å². The van der Waals surface area contributed by atoms with E-state index in [1.165, 1.54) is 11.1 Å². The van der Waals surface area contributed by atoms with Crippen LogP contribution in [-0.2, 0) is 0 Å². The zero-order chi connectivity index (χ0) is 11.7. The highest BCUT2D eigenvalue weighted by Gasteiger charge is 2.27. The van der Waals surface area contributed by atoms with Crippen LogP contribution in [0.25, 0.3) is 0 Å². The van der Waals surface area contributed by atoms with Crippen LogP contribution in [0.5, 0.6) is 5.75 Å². The van der Waals surface area contributed by atoms with E-state index < -0.39 is 0 Å². The fourth-order valence-corrected chi connectivity index (χ4v) is 2.69. The van der Waals surface area contributed by atoms with E-state index in [1.54, 1.807) is 0 Å². The van der Waals surface area contributed by atoms with Crippen molar-refractivity contribution in [3.05, 3.63) is 29.3 Å². The van der Waals surface area contributed by atoms with Crippen LogP contribution >= 0.6 is 0 Å². The summed E-state index contributed by atoms with van der Waals surface area (Å²) >= 11 is 0. The zero-order valence-corrected chi connectivity index (χ0v) is 10.8. The van der Waals surface area contributed by atoms with E-state index in [-0.39, 0.29) is 0 Å². The Morgan fingerprint density at radius 2 is 1.94 bits per heavy atom. The number of ether oxygens (including phenoxy) is 1. The van der Waals surface area contributed by atoms with Gasteiger partial charge in [-0.15, -0.1) is 0 Å². The molecule has 0 saturated carbocycles. The highest BCUT2D eigenvalue weighted by atomic mass is 16.5. The van der Waals surface area contributed by atoms with Crippen LogP contribution in [0.3, 0.4) is 0 Å². The van der Waals surface area contributed by atoms with Crippen LogP contribution in [0.15, 0.2) is 18.2 Å². The fourth-order valence-electron chi connectivity index (χ4n) is 2.69. The number of rotatable bonds is 2. The van der Waals surface area contributed by atoms with Gasteiger partial charge in [0.1, 0.15) is 5.75 Å². The SMILES string of the molecule is CC(C)c1cccc2c1C(C(C)C)CCO2. The van der Waals surface area contributed by atoms with Crippen molar-refractivity contribution in [2.24, 2.45) is 5.92 Å². The third kappa shape index (κ3) is 1.95. The van der Waals surface area contributed by atoms with Gasteiger partial charge >= 0.3 is 0 Å². The van der Waals surface area contributed by atoms with Crippen molar-refractivity contribution in [3.63, 3.8) is 0 Å². The van der Waals surface area contributed by atoms with Crippen LogP contribution < -0.4 is 4.74 Å². The maximum Gasteiger partial charge on any atom is 0.123 e. The van der Waals surface area contributed by atoms with Gasteiger partial charge in [0.2, 0.25) is 0 Å². The summed E-state index contributed by atoms with van der Waals surface area (Å²) in [5.74, 6) is 3.07. The first-order valence-corrected chi connectivity index (χ1v) is 6.37. The monoisotopic (exact) mass is 218 g/mol. The van der Waals surface area contributed by atoms with Crippen molar-refractivity contribution >= 4 is 0 Å². The fraction of sp³-hybridized carbons (Fsp3) is 0.600. The Labute approximate surface area is 98.8 Å². The van der Waals surface area contributed by atoms with Gasteiger partial charge in [-0.1, -0.05) is 39.8 Å². The van der Waals surface area contributed by atoms with Crippen LogP contribution in [0, 0.1) is 5.92 Å². The molecule has 16 heavy (non-hydrogen) atoms. The summed E-state index contributed by atoms with van der Waals surface area (Å²) in [7, 11) is 0. The summed E-state index contributed by atoms with van der Waals surface area (Å²) in [6.07, 6.45) is 1.16. The standard InChI is InChI=1S/C15H22O/c1-10(2)12-6-5-7-14-15(12)13(11(3)4)8-9-16-14/h5-7,10-11,13H,8-9H2,1-4H3. The number of hydrogen-bond donors (Lipinski definition) is 0. The molecule has 2 rings (SSSR count). The molecule has 88 valence electrons. The van der Waals surface area contributed by atoms with Crippen molar-refractivity contribution in [2.75, 3.05) is 6.61 Å². The highest BCUT2D eigenvalue weighted by molar-refractivity contribution is 5.45. The van der Waals surface area contributed by atoms with Gasteiger partial charge in [0.05, 0.1) is 6.61 Å². The molecule has 1 aliphatic rings. The van der Waals surface area contributed by atoms with Crippen molar-refractivity contribution in [1.82, 2.24) is 0 Å². The number of fused-ring (bicyclic) bond motifs is 1. The molecule has 0 amide bonds. The lowest BCUT2D eigenvalue weighted by atomic mass is 9.79. The Hall–Kier alpha value is -0.980. The third-order valence-corrected chi connectivity index (χ3v) is 3.58. The van der Waals surface area contributed by atoms with Gasteiger partial charge in [0.25, 0.3) is 0 Å². The minimum absolute atomic E-state index is 0.581. The Bertz CT molecular complexity index is 366. The van der Waals surface area contributed by atoms with Crippen molar-refractivity contribution in [1.29, 1.82) is 0 Å². The first-order chi connectivity index (χ1) is 7.61. The summed E-state index contributed by atoms with van der Waals surface area (Å²) in [6, 6.07) is 6.50. The molecule has 1 heteroatoms. The molecule has 0 saturated heterocycles. The molecule has 1 aromatic carbocycles. The van der Waals surface area contributed by atoms with Gasteiger partial charge in [0, 0.05) is 5.56 Å². The maximum absolute atomic E-state index is 5.79. The number of benzene rings is 1. The summed E-state index contributed by atoms with van der Waals surface area (Å²) in [4.78, 5) is 0. The summed E-state index contributed by atoms with van der Waals surface area (Å²) in [5.41, 5.74) is 2.94. The molecule has 0 spiro atoms. The van der Waals surface area contributed by atoms with E-state index in [4.69, 9.17) is 4.74 Å². The highest BCUT2D eigenvalue weighted by Crippen LogP contribution is 2.42. The summed E-state index contributed by atoms with van der Waals surface area (Å²) < 4.78 is 5.79. The average molecular weight is 218 g/mol. The number of hydrogen-bond acceptors (Lipinski definition) is 1. The average Bonchev–Trinajstić information content (AvgIpc) is 2.27. The van der Waals surface area contributed by atoms with Crippen molar-refractivity contribution in [2.45, 2.75) is 46.0 Å². The van der Waals surface area contributed by atoms with Crippen LogP contribution in [0.2, 0.25) is 0 Å². The molecule has 0 N–H and O–H groups in total. The molecule has 1 unspecified atom stereocenters. The smallest absolute Gasteiger partial charge is 0.123 e. The second-order valence-electron chi connectivity index (χ2n) is 5.40. The summed E-state index contributed by atoms with van der Waals surface area (Å²) in [5, 5.41) is 0. The van der Waals surface area contributed by atoms with Gasteiger partial charge < -0.3 is 4.74 Å². The van der Waals surface area contributed by atoms with E-state index in [2.05, 4.69) is 45.9 Å². The normalized spacial score (nSPS) is 19.8. The second-order valence-corrected chi connectivity index (χ2v) is 5.40. The quantitative estimate of drug-likeness (QED) is 0.717. The van der Waals surface area contributed by atoms with Gasteiger partial charge in [-0.25, -0.2) is 0 Å². The molecule has 0 aromatic heterocycles. The first kappa shape index (κ1) is 11.5. The molecule has 1 aliphatic heterocycles. The Kier molecular flexibility index (Phi) is 3.22. The minimum atomic E-state index is 0.581. The predicted octanol–water partition coefficient (Wildman–Crippen LogP) is 4.33. The molecule has 0 aliphatic carbocycles. The molecule has 1 atom stereocenters. The van der Waals surface area contributed by atoms with E-state index >= 15 is 0 Å². The Morgan fingerprint density at radius 3 is 2.56 bits per heavy atom. The lowest BCUT2D eigenvalue weighted by Gasteiger charge is -2.31. The van der Waals surface area contributed by atoms with Crippen molar-refractivity contribution < 1.29 is 4.74 Å². The van der Waals surface area contributed by atoms with Gasteiger partial charge in [-0.2, -0.15) is 0 Å². The minimum Gasteiger partial charge on any atom is -0.493 e. The molecule has 1 heterocycles. The zero-order valence-electron chi connectivity index (χ0n) is 10.8. The molecule has 0 bridgehead atoms. The van der Waals surface area contributed by atoms with Gasteiger partial charge in [0.15, 0.2) is 0 Å². The van der Waals surface area contributed by atoms with Gasteiger partial charge in [-0.05, 0) is 35.8 Å². The lowest BCUT2D eigenvalue weighted by molar-refractivity contribution is 0.246. The second kappa shape index (κ2) is 4.48. The van der Waals surface area contributed by atoms with Crippen LogP contribution in [0.1, 0.15) is 57.1 Å². The van der Waals surface area contributed by atoms with Crippen molar-refractivity contribution in [3.8, 4) is 5.75 Å². The molecule has 0 fully saturated rings. The van der Waals surface area contributed by atoms with E-state index in [0.29, 0.717) is 17.8 Å². The first-order valence-electron chi connectivity index (χ1n) is 6.37. The van der Waals surface area contributed by atoms with E-state index in [9.17, 15) is 0 Å². The van der Waals surface area contributed by atoms with Gasteiger partial charge in [-0.3, -0.25) is 0 Å². The maximum atomic E-state index is 5.79. The summed E-state index contributed by atoms with van der Waals surface area (Å²) in [6.45, 7) is 10.0. The third-order valence-electron chi connectivity index (χ3n) is 3.58. The molecular formula is C15H22O. The van der Waals surface area contributed by atoms with Crippen LogP contribution in [-0.4, -0.2) is 6.61 Å². The van der Waals surface area contributed by atoms with E-state index in [1.807, 2.05) is 0 Å². The molecule has 0 radical (unpaired) electrons.